The number of benzene rings is 2. The molecule has 1 saturated heterocycles. The van der Waals surface area contributed by atoms with Crippen molar-refractivity contribution < 1.29 is 18.4 Å². The molecule has 1 unspecified atom stereocenters. The Labute approximate surface area is 182 Å². The summed E-state index contributed by atoms with van der Waals surface area (Å²) in [6.45, 7) is 1.23. The number of rotatable bonds is 6. The topological polar surface area (TPSA) is 56.8 Å². The summed E-state index contributed by atoms with van der Waals surface area (Å²) in [4.78, 5) is 35.6. The van der Waals surface area contributed by atoms with Gasteiger partial charge in [-0.1, -0.05) is 11.3 Å². The van der Waals surface area contributed by atoms with Crippen LogP contribution in [0.5, 0.6) is 0 Å². The molecule has 1 atom stereocenters. The van der Waals surface area contributed by atoms with Gasteiger partial charge in [-0.2, -0.15) is 0 Å². The molecule has 162 valence electrons. The molecule has 0 N–H and O–H groups in total. The first-order valence-electron chi connectivity index (χ1n) is 9.90. The van der Waals surface area contributed by atoms with E-state index in [1.165, 1.54) is 52.6 Å². The zero-order valence-corrected chi connectivity index (χ0v) is 18.0. The molecule has 1 aromatic heterocycles. The highest BCUT2D eigenvalue weighted by Crippen LogP contribution is 2.32. The molecule has 6 nitrogen and oxygen atoms in total. The van der Waals surface area contributed by atoms with Gasteiger partial charge in [0.2, 0.25) is 11.8 Å². The van der Waals surface area contributed by atoms with Gasteiger partial charge in [-0.05, 0) is 56.6 Å². The lowest BCUT2D eigenvalue weighted by molar-refractivity contribution is -0.124. The molecule has 1 aliphatic rings. The van der Waals surface area contributed by atoms with E-state index in [9.17, 15) is 18.4 Å². The number of thiazole rings is 1. The van der Waals surface area contributed by atoms with Crippen molar-refractivity contribution in [3.63, 3.8) is 0 Å². The van der Waals surface area contributed by atoms with Crippen molar-refractivity contribution >= 4 is 44.2 Å². The average molecular weight is 445 g/mol. The zero-order chi connectivity index (χ0) is 22.1. The molecular weight excluding hydrogens is 422 g/mol. The number of likely N-dealkylation sites (N-methyl/N-ethyl adjacent to an activating group) is 1. The van der Waals surface area contributed by atoms with E-state index in [1.54, 1.807) is 11.0 Å². The van der Waals surface area contributed by atoms with E-state index >= 15 is 0 Å². The SMILES string of the molecule is CN(C)CCN(C(=O)C1CC(=O)N(c2ccc(F)cc2)C1)c1nc2ccc(F)cc2s1. The molecule has 3 aromatic rings. The quantitative estimate of drug-likeness (QED) is 0.584. The van der Waals surface area contributed by atoms with E-state index in [0.29, 0.717) is 34.1 Å². The Balaban J connectivity index is 1.59. The van der Waals surface area contributed by atoms with Gasteiger partial charge in [0.15, 0.2) is 5.13 Å². The Bertz CT molecular complexity index is 1120. The number of carbonyl (C=O) groups is 2. The average Bonchev–Trinajstić information content (AvgIpc) is 3.31. The maximum atomic E-state index is 13.6. The van der Waals surface area contributed by atoms with Crippen molar-refractivity contribution in [1.82, 2.24) is 9.88 Å². The lowest BCUT2D eigenvalue weighted by Crippen LogP contribution is -2.41. The summed E-state index contributed by atoms with van der Waals surface area (Å²) < 4.78 is 27.5. The third-order valence-corrected chi connectivity index (χ3v) is 6.26. The fourth-order valence-electron chi connectivity index (χ4n) is 3.57. The molecule has 0 radical (unpaired) electrons. The van der Waals surface area contributed by atoms with Gasteiger partial charge in [-0.3, -0.25) is 14.5 Å². The minimum absolute atomic E-state index is 0.0776. The second-order valence-corrected chi connectivity index (χ2v) is 8.79. The molecule has 4 rings (SSSR count). The van der Waals surface area contributed by atoms with E-state index < -0.39 is 5.92 Å². The van der Waals surface area contributed by atoms with Crippen molar-refractivity contribution in [1.29, 1.82) is 0 Å². The van der Waals surface area contributed by atoms with Crippen LogP contribution < -0.4 is 9.80 Å². The molecule has 0 bridgehead atoms. The fourth-order valence-corrected chi connectivity index (χ4v) is 4.59. The number of amides is 2. The van der Waals surface area contributed by atoms with E-state index in [-0.39, 0.29) is 36.4 Å². The molecule has 2 aromatic carbocycles. The first kappa shape index (κ1) is 21.3. The lowest BCUT2D eigenvalue weighted by atomic mass is 10.1. The minimum Gasteiger partial charge on any atom is -0.312 e. The van der Waals surface area contributed by atoms with Gasteiger partial charge in [0, 0.05) is 31.7 Å². The first-order chi connectivity index (χ1) is 14.8. The van der Waals surface area contributed by atoms with Crippen LogP contribution >= 0.6 is 11.3 Å². The number of halogens is 2. The van der Waals surface area contributed by atoms with Crippen LogP contribution in [0, 0.1) is 17.6 Å². The largest absolute Gasteiger partial charge is 0.312 e. The Hall–Kier alpha value is -2.91. The van der Waals surface area contributed by atoms with Crippen LogP contribution in [0.4, 0.5) is 19.6 Å². The number of hydrogen-bond acceptors (Lipinski definition) is 5. The standard InChI is InChI=1S/C22H22F2N4O2S/c1-26(2)9-10-27(22-25-18-8-5-16(24)12-19(18)31-22)21(30)14-11-20(29)28(13-14)17-6-3-15(23)4-7-17/h3-8,12,14H,9-11,13H2,1-2H3. The zero-order valence-electron chi connectivity index (χ0n) is 17.2. The maximum absolute atomic E-state index is 13.6. The summed E-state index contributed by atoms with van der Waals surface area (Å²) in [6.07, 6.45) is 0.0776. The number of anilines is 2. The predicted octanol–water partition coefficient (Wildman–Crippen LogP) is 3.52. The van der Waals surface area contributed by atoms with Crippen molar-refractivity contribution in [3.05, 3.63) is 54.1 Å². The van der Waals surface area contributed by atoms with Crippen LogP contribution in [-0.2, 0) is 9.59 Å². The summed E-state index contributed by atoms with van der Waals surface area (Å²) in [7, 11) is 3.82. The number of aromatic nitrogens is 1. The van der Waals surface area contributed by atoms with Gasteiger partial charge in [-0.15, -0.1) is 0 Å². The molecule has 2 heterocycles. The van der Waals surface area contributed by atoms with Gasteiger partial charge in [0.05, 0.1) is 16.1 Å². The molecule has 2 amide bonds. The molecule has 1 fully saturated rings. The summed E-state index contributed by atoms with van der Waals surface area (Å²) in [5.74, 6) is -1.65. The lowest BCUT2D eigenvalue weighted by Gasteiger charge is -2.24. The molecule has 0 saturated carbocycles. The number of nitrogens with zero attached hydrogens (tertiary/aromatic N) is 4. The van der Waals surface area contributed by atoms with Gasteiger partial charge in [0.1, 0.15) is 11.6 Å². The second kappa shape index (κ2) is 8.68. The van der Waals surface area contributed by atoms with E-state index in [4.69, 9.17) is 0 Å². The Morgan fingerprint density at radius 3 is 2.55 bits per heavy atom. The summed E-state index contributed by atoms with van der Waals surface area (Å²) in [5.41, 5.74) is 1.19. The highest BCUT2D eigenvalue weighted by atomic mass is 32.1. The third kappa shape index (κ3) is 4.57. The van der Waals surface area contributed by atoms with Crippen molar-refractivity contribution in [2.75, 3.05) is 43.5 Å². The molecule has 1 aliphatic heterocycles. The fraction of sp³-hybridized carbons (Fsp3) is 0.318. The third-order valence-electron chi connectivity index (χ3n) is 5.22. The summed E-state index contributed by atoms with van der Waals surface area (Å²) in [5, 5.41) is 0.486. The predicted molar refractivity (Wildman–Crippen MR) is 117 cm³/mol. The number of carbonyl (C=O) groups excluding carboxylic acids is 2. The monoisotopic (exact) mass is 444 g/mol. The van der Waals surface area contributed by atoms with E-state index in [1.807, 2.05) is 19.0 Å². The summed E-state index contributed by atoms with van der Waals surface area (Å²) in [6, 6.07) is 9.99. The van der Waals surface area contributed by atoms with Gasteiger partial charge in [-0.25, -0.2) is 13.8 Å². The van der Waals surface area contributed by atoms with Crippen LogP contribution in [0.3, 0.4) is 0 Å². The maximum Gasteiger partial charge on any atom is 0.234 e. The molecular formula is C22H22F2N4O2S. The molecule has 9 heteroatoms. The first-order valence-corrected chi connectivity index (χ1v) is 10.7. The molecule has 0 aliphatic carbocycles. The van der Waals surface area contributed by atoms with E-state index in [0.717, 1.165) is 0 Å². The Morgan fingerprint density at radius 1 is 1.13 bits per heavy atom. The van der Waals surface area contributed by atoms with Crippen LogP contribution in [0.2, 0.25) is 0 Å². The van der Waals surface area contributed by atoms with Gasteiger partial charge < -0.3 is 9.80 Å². The van der Waals surface area contributed by atoms with Crippen molar-refractivity contribution in [2.24, 2.45) is 5.92 Å². The molecule has 31 heavy (non-hydrogen) atoms. The van der Waals surface area contributed by atoms with Gasteiger partial charge >= 0.3 is 0 Å². The van der Waals surface area contributed by atoms with Crippen LogP contribution in [-0.4, -0.2) is 55.4 Å². The van der Waals surface area contributed by atoms with E-state index in [2.05, 4.69) is 4.98 Å². The second-order valence-electron chi connectivity index (χ2n) is 7.78. The Kier molecular flexibility index (Phi) is 5.97. The highest BCUT2D eigenvalue weighted by Gasteiger charge is 2.38. The van der Waals surface area contributed by atoms with Crippen LogP contribution in [0.25, 0.3) is 10.2 Å². The van der Waals surface area contributed by atoms with Gasteiger partial charge in [0.25, 0.3) is 0 Å². The Morgan fingerprint density at radius 2 is 1.84 bits per heavy atom. The normalized spacial score (nSPS) is 16.5. The summed E-state index contributed by atoms with van der Waals surface area (Å²) >= 11 is 1.25. The minimum atomic E-state index is -0.538. The smallest absolute Gasteiger partial charge is 0.234 e. The van der Waals surface area contributed by atoms with Crippen LogP contribution in [0.1, 0.15) is 6.42 Å². The van der Waals surface area contributed by atoms with Crippen molar-refractivity contribution in [3.8, 4) is 0 Å². The highest BCUT2D eigenvalue weighted by molar-refractivity contribution is 7.22. The molecule has 0 spiro atoms. The number of hydrogen-bond donors (Lipinski definition) is 0. The van der Waals surface area contributed by atoms with Crippen molar-refractivity contribution in [2.45, 2.75) is 6.42 Å². The number of fused-ring (bicyclic) bond motifs is 1. The van der Waals surface area contributed by atoms with Crippen LogP contribution in [0.15, 0.2) is 42.5 Å².